The fourth-order valence-corrected chi connectivity index (χ4v) is 3.37. The summed E-state index contributed by atoms with van der Waals surface area (Å²) in [7, 11) is 1.79. The van der Waals surface area contributed by atoms with Crippen molar-refractivity contribution in [2.75, 3.05) is 13.6 Å². The zero-order valence-electron chi connectivity index (χ0n) is 17.5. The van der Waals surface area contributed by atoms with Gasteiger partial charge in [-0.05, 0) is 35.7 Å². The summed E-state index contributed by atoms with van der Waals surface area (Å²) in [6.45, 7) is 2.26. The number of aliphatic imine (C=N–C) groups is 1. The van der Waals surface area contributed by atoms with Crippen LogP contribution < -0.4 is 10.6 Å². The van der Waals surface area contributed by atoms with Crippen LogP contribution in [0.1, 0.15) is 23.4 Å². The van der Waals surface area contributed by atoms with E-state index in [9.17, 15) is 0 Å². The molecule has 0 aliphatic heterocycles. The van der Waals surface area contributed by atoms with Gasteiger partial charge in [0.1, 0.15) is 5.82 Å². The van der Waals surface area contributed by atoms with Crippen molar-refractivity contribution in [1.82, 2.24) is 35.0 Å². The van der Waals surface area contributed by atoms with Gasteiger partial charge >= 0.3 is 0 Å². The van der Waals surface area contributed by atoms with E-state index in [0.717, 1.165) is 43.4 Å². The van der Waals surface area contributed by atoms with Crippen molar-refractivity contribution >= 4 is 35.6 Å². The molecule has 0 aliphatic carbocycles. The number of nitrogens with zero attached hydrogens (tertiary/aromatic N) is 6. The van der Waals surface area contributed by atoms with Crippen molar-refractivity contribution in [3.05, 3.63) is 84.1 Å². The Morgan fingerprint density at radius 3 is 2.61 bits per heavy atom. The minimum absolute atomic E-state index is 0. The topological polar surface area (TPSA) is 84.4 Å². The predicted molar refractivity (Wildman–Crippen MR) is 133 cm³/mol. The van der Waals surface area contributed by atoms with Crippen molar-refractivity contribution in [3.63, 3.8) is 0 Å². The van der Waals surface area contributed by atoms with Crippen LogP contribution in [0.5, 0.6) is 0 Å². The third-order valence-corrected chi connectivity index (χ3v) is 4.93. The van der Waals surface area contributed by atoms with Crippen molar-refractivity contribution in [1.29, 1.82) is 0 Å². The quantitative estimate of drug-likeness (QED) is 0.159. The summed E-state index contributed by atoms with van der Waals surface area (Å²) in [6.07, 6.45) is 7.56. The molecule has 0 saturated heterocycles. The maximum atomic E-state index is 4.34. The first kappa shape index (κ1) is 22.7. The number of rotatable bonds is 8. The van der Waals surface area contributed by atoms with E-state index in [4.69, 9.17) is 0 Å². The van der Waals surface area contributed by atoms with Gasteiger partial charge in [-0.3, -0.25) is 14.1 Å². The third-order valence-electron chi connectivity index (χ3n) is 4.93. The molecule has 0 amide bonds. The molecule has 3 aromatic heterocycles. The molecule has 0 saturated carbocycles. The molecule has 162 valence electrons. The van der Waals surface area contributed by atoms with Gasteiger partial charge in [0, 0.05) is 45.1 Å². The molecular formula is C22H27IN8. The lowest BCUT2D eigenvalue weighted by atomic mass is 10.1. The Hall–Kier alpha value is -2.95. The van der Waals surface area contributed by atoms with E-state index in [1.807, 2.05) is 45.7 Å². The molecule has 31 heavy (non-hydrogen) atoms. The first-order valence-electron chi connectivity index (χ1n) is 10.1. The fraction of sp³-hybridized carbons (Fsp3) is 0.273. The van der Waals surface area contributed by atoms with Crippen LogP contribution in [0, 0.1) is 0 Å². The average molecular weight is 530 g/mol. The van der Waals surface area contributed by atoms with E-state index in [-0.39, 0.29) is 24.0 Å². The standard InChI is InChI=1S/C22H26N8.HI/c1-23-22(24-12-6-11-21-28-27-20-10-4-5-15-30(20)21)25-16-18-8-2-3-9-19(18)17-29-14-7-13-26-29;/h2-5,7-10,13-15H,6,11-12,16-17H2,1H3,(H2,23,24,25);1H. The lowest BCUT2D eigenvalue weighted by Crippen LogP contribution is -2.37. The van der Waals surface area contributed by atoms with Crippen LogP contribution >= 0.6 is 24.0 Å². The lowest BCUT2D eigenvalue weighted by molar-refractivity contribution is 0.676. The molecule has 3 heterocycles. The molecule has 0 fully saturated rings. The van der Waals surface area contributed by atoms with E-state index in [0.29, 0.717) is 6.54 Å². The summed E-state index contributed by atoms with van der Waals surface area (Å²) in [5, 5.41) is 19.6. The van der Waals surface area contributed by atoms with Crippen LogP contribution in [0.3, 0.4) is 0 Å². The largest absolute Gasteiger partial charge is 0.356 e. The highest BCUT2D eigenvalue weighted by Gasteiger charge is 2.06. The van der Waals surface area contributed by atoms with Gasteiger partial charge in [0.25, 0.3) is 0 Å². The Kier molecular flexibility index (Phi) is 8.39. The summed E-state index contributed by atoms with van der Waals surface area (Å²) in [5.41, 5.74) is 3.35. The number of fused-ring (bicyclic) bond motifs is 1. The third kappa shape index (κ3) is 6.03. The number of pyridine rings is 1. The molecule has 0 unspecified atom stereocenters. The van der Waals surface area contributed by atoms with E-state index in [1.165, 1.54) is 11.1 Å². The zero-order chi connectivity index (χ0) is 20.6. The number of aromatic nitrogens is 5. The summed E-state index contributed by atoms with van der Waals surface area (Å²) in [4.78, 5) is 4.34. The second-order valence-corrected chi connectivity index (χ2v) is 6.97. The molecular weight excluding hydrogens is 503 g/mol. The Morgan fingerprint density at radius 1 is 0.968 bits per heavy atom. The highest BCUT2D eigenvalue weighted by atomic mass is 127. The molecule has 0 aliphatic rings. The van der Waals surface area contributed by atoms with Gasteiger partial charge in [-0.15, -0.1) is 34.2 Å². The fourth-order valence-electron chi connectivity index (χ4n) is 3.37. The van der Waals surface area contributed by atoms with Gasteiger partial charge in [0.2, 0.25) is 0 Å². The molecule has 0 atom stereocenters. The van der Waals surface area contributed by atoms with Gasteiger partial charge in [0.15, 0.2) is 11.6 Å². The van der Waals surface area contributed by atoms with Gasteiger partial charge in [-0.1, -0.05) is 30.3 Å². The molecule has 4 rings (SSSR count). The van der Waals surface area contributed by atoms with Crippen molar-refractivity contribution in [3.8, 4) is 0 Å². The Labute approximate surface area is 198 Å². The number of aryl methyl sites for hydroxylation is 1. The summed E-state index contributed by atoms with van der Waals surface area (Å²) in [5.74, 6) is 1.76. The van der Waals surface area contributed by atoms with E-state index >= 15 is 0 Å². The summed E-state index contributed by atoms with van der Waals surface area (Å²) < 4.78 is 3.96. The molecule has 9 heteroatoms. The number of hydrogen-bond donors (Lipinski definition) is 2. The summed E-state index contributed by atoms with van der Waals surface area (Å²) >= 11 is 0. The van der Waals surface area contributed by atoms with Crippen LogP contribution in [0.25, 0.3) is 5.65 Å². The van der Waals surface area contributed by atoms with Crippen LogP contribution in [0.15, 0.2) is 72.1 Å². The molecule has 1 aromatic carbocycles. The second-order valence-electron chi connectivity index (χ2n) is 6.97. The van der Waals surface area contributed by atoms with E-state index < -0.39 is 0 Å². The predicted octanol–water partition coefficient (Wildman–Crippen LogP) is 2.89. The maximum absolute atomic E-state index is 4.34. The van der Waals surface area contributed by atoms with Crippen LogP contribution in [-0.2, 0) is 19.5 Å². The smallest absolute Gasteiger partial charge is 0.191 e. The monoisotopic (exact) mass is 530 g/mol. The normalized spacial score (nSPS) is 11.3. The highest BCUT2D eigenvalue weighted by molar-refractivity contribution is 14.0. The second kappa shape index (κ2) is 11.4. The van der Waals surface area contributed by atoms with Gasteiger partial charge in [-0.2, -0.15) is 5.10 Å². The number of benzene rings is 1. The summed E-state index contributed by atoms with van der Waals surface area (Å²) in [6, 6.07) is 16.3. The van der Waals surface area contributed by atoms with Crippen LogP contribution in [0.2, 0.25) is 0 Å². The molecule has 0 radical (unpaired) electrons. The lowest BCUT2D eigenvalue weighted by Gasteiger charge is -2.14. The van der Waals surface area contributed by atoms with Crippen molar-refractivity contribution in [2.45, 2.75) is 25.9 Å². The Morgan fingerprint density at radius 2 is 1.81 bits per heavy atom. The number of hydrogen-bond acceptors (Lipinski definition) is 4. The van der Waals surface area contributed by atoms with Crippen molar-refractivity contribution in [2.24, 2.45) is 4.99 Å². The maximum Gasteiger partial charge on any atom is 0.191 e. The Bertz CT molecular complexity index is 1100. The first-order chi connectivity index (χ1) is 14.8. The van der Waals surface area contributed by atoms with E-state index in [2.05, 4.69) is 55.2 Å². The number of nitrogens with one attached hydrogen (secondary N) is 2. The highest BCUT2D eigenvalue weighted by Crippen LogP contribution is 2.10. The number of guanidine groups is 1. The van der Waals surface area contributed by atoms with Gasteiger partial charge in [0.05, 0.1) is 6.54 Å². The minimum atomic E-state index is 0. The van der Waals surface area contributed by atoms with Gasteiger partial charge < -0.3 is 10.6 Å². The van der Waals surface area contributed by atoms with Gasteiger partial charge in [-0.25, -0.2) is 0 Å². The molecule has 8 nitrogen and oxygen atoms in total. The Balaban J connectivity index is 0.00000272. The van der Waals surface area contributed by atoms with Crippen LogP contribution in [0.4, 0.5) is 0 Å². The zero-order valence-corrected chi connectivity index (χ0v) is 19.8. The molecule has 4 aromatic rings. The van der Waals surface area contributed by atoms with Crippen molar-refractivity contribution < 1.29 is 0 Å². The minimum Gasteiger partial charge on any atom is -0.356 e. The molecule has 0 spiro atoms. The van der Waals surface area contributed by atoms with Crippen LogP contribution in [-0.4, -0.2) is 43.9 Å². The average Bonchev–Trinajstić information content (AvgIpc) is 3.44. The molecule has 2 N–H and O–H groups in total. The van der Waals surface area contributed by atoms with E-state index in [1.54, 1.807) is 13.2 Å². The molecule has 0 bridgehead atoms. The number of halogens is 1. The SMILES string of the molecule is CN=C(NCCCc1nnc2ccccn12)NCc1ccccc1Cn1cccn1.I. The first-order valence-corrected chi connectivity index (χ1v) is 10.1.